The zero-order valence-corrected chi connectivity index (χ0v) is 9.89. The Labute approximate surface area is 108 Å². The Morgan fingerprint density at radius 2 is 2.28 bits per heavy atom. The highest BCUT2D eigenvalue weighted by atomic mass is 35.5. The quantitative estimate of drug-likeness (QED) is 0.660. The van der Waals surface area contributed by atoms with Crippen molar-refractivity contribution >= 4 is 23.7 Å². The average Bonchev–Trinajstić information content (AvgIpc) is 2.85. The van der Waals surface area contributed by atoms with Gasteiger partial charge >= 0.3 is 5.91 Å². The maximum absolute atomic E-state index is 11.4. The van der Waals surface area contributed by atoms with Crippen LogP contribution in [0.15, 0.2) is 46.1 Å². The molecule has 6 heteroatoms. The Morgan fingerprint density at radius 3 is 2.94 bits per heavy atom. The minimum Gasteiger partial charge on any atom is -0.507 e. The third kappa shape index (κ3) is 2.89. The van der Waals surface area contributed by atoms with Crippen LogP contribution in [0, 0.1) is 0 Å². The van der Waals surface area contributed by atoms with Gasteiger partial charge in [-0.1, -0.05) is 11.6 Å². The minimum atomic E-state index is -0.468. The molecule has 0 fully saturated rings. The maximum Gasteiger partial charge on any atom is 0.307 e. The van der Waals surface area contributed by atoms with Gasteiger partial charge in [0.15, 0.2) is 5.76 Å². The van der Waals surface area contributed by atoms with Crippen molar-refractivity contribution in [3.63, 3.8) is 0 Å². The molecule has 0 bridgehead atoms. The third-order valence-corrected chi connectivity index (χ3v) is 2.34. The highest BCUT2D eigenvalue weighted by Gasteiger charge is 2.06. The van der Waals surface area contributed by atoms with Gasteiger partial charge in [-0.15, -0.1) is 0 Å². The van der Waals surface area contributed by atoms with E-state index in [1.54, 1.807) is 18.2 Å². The number of carbonyl (C=O) groups excluding carboxylic acids is 1. The molecule has 5 nitrogen and oxygen atoms in total. The molecule has 0 radical (unpaired) electrons. The molecule has 0 unspecified atom stereocenters. The minimum absolute atomic E-state index is 0.0153. The molecule has 18 heavy (non-hydrogen) atoms. The van der Waals surface area contributed by atoms with Crippen LogP contribution in [0.4, 0.5) is 0 Å². The number of rotatable bonds is 3. The Morgan fingerprint density at radius 1 is 1.44 bits per heavy atom. The highest BCUT2D eigenvalue weighted by Crippen LogP contribution is 2.20. The van der Waals surface area contributed by atoms with Gasteiger partial charge in [-0.2, -0.15) is 5.10 Å². The van der Waals surface area contributed by atoms with E-state index in [1.807, 2.05) is 0 Å². The summed E-state index contributed by atoms with van der Waals surface area (Å²) in [5.41, 5.74) is 2.71. The average molecular weight is 265 g/mol. The predicted octanol–water partition coefficient (Wildman–Crippen LogP) is 2.40. The first-order valence-electron chi connectivity index (χ1n) is 5.02. The number of nitrogens with zero attached hydrogens (tertiary/aromatic N) is 1. The molecule has 2 aromatic rings. The fourth-order valence-electron chi connectivity index (χ4n) is 1.25. The van der Waals surface area contributed by atoms with Gasteiger partial charge in [-0.25, -0.2) is 5.43 Å². The SMILES string of the molecule is O=C(N/N=C/c1ccc(Cl)cc1O)c1ccco1. The first kappa shape index (κ1) is 12.2. The van der Waals surface area contributed by atoms with Crippen molar-refractivity contribution in [1.82, 2.24) is 5.43 Å². The molecule has 1 amide bonds. The second-order valence-corrected chi connectivity index (χ2v) is 3.82. The number of nitrogens with one attached hydrogen (secondary N) is 1. The fraction of sp³-hybridized carbons (Fsp3) is 0. The standard InChI is InChI=1S/C12H9ClN2O3/c13-9-4-3-8(10(16)6-9)7-14-15-12(17)11-2-1-5-18-11/h1-7,16H,(H,15,17)/b14-7+. The number of phenols is 1. The van der Waals surface area contributed by atoms with E-state index in [0.29, 0.717) is 10.6 Å². The van der Waals surface area contributed by atoms with E-state index in [9.17, 15) is 9.90 Å². The molecular formula is C12H9ClN2O3. The van der Waals surface area contributed by atoms with Crippen molar-refractivity contribution in [2.45, 2.75) is 0 Å². The number of aromatic hydroxyl groups is 1. The van der Waals surface area contributed by atoms with E-state index in [-0.39, 0.29) is 11.5 Å². The molecule has 2 N–H and O–H groups in total. The van der Waals surface area contributed by atoms with Crippen molar-refractivity contribution in [2.75, 3.05) is 0 Å². The largest absolute Gasteiger partial charge is 0.507 e. The number of hydrazone groups is 1. The molecule has 1 aromatic carbocycles. The van der Waals surface area contributed by atoms with Crippen LogP contribution < -0.4 is 5.43 Å². The third-order valence-electron chi connectivity index (χ3n) is 2.11. The zero-order chi connectivity index (χ0) is 13.0. The Hall–Kier alpha value is -2.27. The number of benzene rings is 1. The van der Waals surface area contributed by atoms with Crippen molar-refractivity contribution in [3.05, 3.63) is 52.9 Å². The van der Waals surface area contributed by atoms with Gasteiger partial charge in [0.1, 0.15) is 5.75 Å². The summed E-state index contributed by atoms with van der Waals surface area (Å²) >= 11 is 5.68. The Kier molecular flexibility index (Phi) is 3.64. The second kappa shape index (κ2) is 5.37. The summed E-state index contributed by atoms with van der Waals surface area (Å²) in [4.78, 5) is 11.4. The van der Waals surface area contributed by atoms with Crippen LogP contribution in [0.25, 0.3) is 0 Å². The molecule has 0 aliphatic rings. The van der Waals surface area contributed by atoms with Crippen molar-refractivity contribution in [2.24, 2.45) is 5.10 Å². The number of amides is 1. The summed E-state index contributed by atoms with van der Waals surface area (Å²) in [6.07, 6.45) is 2.70. The Bertz CT molecular complexity index is 579. The number of phenolic OH excluding ortho intramolecular Hbond substituents is 1. The van der Waals surface area contributed by atoms with Crippen LogP contribution in [0.5, 0.6) is 5.75 Å². The topological polar surface area (TPSA) is 74.8 Å². The molecule has 0 aliphatic carbocycles. The molecule has 1 heterocycles. The lowest BCUT2D eigenvalue weighted by Crippen LogP contribution is -2.16. The lowest BCUT2D eigenvalue weighted by molar-refractivity contribution is 0.0927. The lowest BCUT2D eigenvalue weighted by Gasteiger charge is -1.99. The first-order chi connectivity index (χ1) is 8.66. The summed E-state index contributed by atoms with van der Waals surface area (Å²) in [6.45, 7) is 0. The van der Waals surface area contributed by atoms with Gasteiger partial charge in [-0.3, -0.25) is 4.79 Å². The Balaban J connectivity index is 2.01. The van der Waals surface area contributed by atoms with E-state index >= 15 is 0 Å². The van der Waals surface area contributed by atoms with E-state index in [1.165, 1.54) is 24.6 Å². The van der Waals surface area contributed by atoms with Gasteiger partial charge in [0.25, 0.3) is 0 Å². The van der Waals surface area contributed by atoms with E-state index in [0.717, 1.165) is 0 Å². The van der Waals surface area contributed by atoms with Crippen LogP contribution in [0.2, 0.25) is 5.02 Å². The summed E-state index contributed by atoms with van der Waals surface area (Å²) < 4.78 is 4.88. The summed E-state index contributed by atoms with van der Waals surface area (Å²) in [5.74, 6) is -0.323. The summed E-state index contributed by atoms with van der Waals surface area (Å²) in [5, 5.41) is 13.7. The normalized spacial score (nSPS) is 10.7. The van der Waals surface area contributed by atoms with E-state index < -0.39 is 5.91 Å². The van der Waals surface area contributed by atoms with Crippen LogP contribution >= 0.6 is 11.6 Å². The molecule has 2 rings (SSSR count). The molecule has 1 aromatic heterocycles. The molecular weight excluding hydrogens is 256 g/mol. The van der Waals surface area contributed by atoms with Crippen molar-refractivity contribution in [3.8, 4) is 5.75 Å². The number of hydrogen-bond donors (Lipinski definition) is 2. The maximum atomic E-state index is 11.4. The molecule has 0 atom stereocenters. The number of halogens is 1. The van der Waals surface area contributed by atoms with Crippen molar-refractivity contribution in [1.29, 1.82) is 0 Å². The van der Waals surface area contributed by atoms with Crippen LogP contribution in [-0.4, -0.2) is 17.2 Å². The van der Waals surface area contributed by atoms with Gasteiger partial charge in [0, 0.05) is 10.6 Å². The van der Waals surface area contributed by atoms with E-state index in [2.05, 4.69) is 10.5 Å². The van der Waals surface area contributed by atoms with Gasteiger partial charge in [0.2, 0.25) is 0 Å². The molecule has 0 aliphatic heterocycles. The van der Waals surface area contributed by atoms with Gasteiger partial charge < -0.3 is 9.52 Å². The smallest absolute Gasteiger partial charge is 0.307 e. The van der Waals surface area contributed by atoms with Gasteiger partial charge in [-0.05, 0) is 30.3 Å². The number of furan rings is 1. The zero-order valence-electron chi connectivity index (χ0n) is 9.13. The number of carbonyl (C=O) groups is 1. The van der Waals surface area contributed by atoms with E-state index in [4.69, 9.17) is 16.0 Å². The first-order valence-corrected chi connectivity index (χ1v) is 5.40. The van der Waals surface area contributed by atoms with Crippen LogP contribution in [0.3, 0.4) is 0 Å². The van der Waals surface area contributed by atoms with Crippen LogP contribution in [0.1, 0.15) is 16.1 Å². The second-order valence-electron chi connectivity index (χ2n) is 3.38. The molecule has 0 spiro atoms. The molecule has 0 saturated heterocycles. The number of hydrogen-bond acceptors (Lipinski definition) is 4. The van der Waals surface area contributed by atoms with Crippen molar-refractivity contribution < 1.29 is 14.3 Å². The fourth-order valence-corrected chi connectivity index (χ4v) is 1.42. The predicted molar refractivity (Wildman–Crippen MR) is 66.9 cm³/mol. The lowest BCUT2D eigenvalue weighted by atomic mass is 10.2. The highest BCUT2D eigenvalue weighted by molar-refractivity contribution is 6.30. The van der Waals surface area contributed by atoms with Gasteiger partial charge in [0.05, 0.1) is 12.5 Å². The van der Waals surface area contributed by atoms with Crippen LogP contribution in [-0.2, 0) is 0 Å². The summed E-state index contributed by atoms with van der Waals surface area (Å²) in [7, 11) is 0. The molecule has 92 valence electrons. The monoisotopic (exact) mass is 264 g/mol. The summed E-state index contributed by atoms with van der Waals surface area (Å²) in [6, 6.07) is 7.70. The molecule has 0 saturated carbocycles.